The summed E-state index contributed by atoms with van der Waals surface area (Å²) in [4.78, 5) is 16.2. The summed E-state index contributed by atoms with van der Waals surface area (Å²) >= 11 is 5.05. The van der Waals surface area contributed by atoms with E-state index in [9.17, 15) is 13.2 Å². The van der Waals surface area contributed by atoms with Crippen LogP contribution < -0.4 is 4.90 Å². The molecule has 5 nitrogen and oxygen atoms in total. The molecule has 1 atom stereocenters. The Balaban J connectivity index is 2.04. The van der Waals surface area contributed by atoms with E-state index in [1.807, 2.05) is 24.3 Å². The largest absolute Gasteiger partial charge is 0.307 e. The number of sulfonamides is 1. The number of thioether (sulfide) groups is 1. The number of rotatable bonds is 3. The second kappa shape index (κ2) is 7.95. The average Bonchev–Trinajstić information content (AvgIpc) is 2.79. The number of benzene rings is 2. The number of anilines is 1. The molecule has 0 saturated heterocycles. The SMILES string of the molecule is C[C@H]1CCN(C(=O)c2ccc(Br)c(S(=O)(=O)N(C)C)c2)c2ccccc2S1. The summed E-state index contributed by atoms with van der Waals surface area (Å²) in [5, 5.41) is 0.401. The van der Waals surface area contributed by atoms with Crippen LogP contribution in [-0.2, 0) is 10.0 Å². The topological polar surface area (TPSA) is 57.7 Å². The summed E-state index contributed by atoms with van der Waals surface area (Å²) in [6, 6.07) is 12.6. The maximum atomic E-state index is 13.3. The van der Waals surface area contributed by atoms with Crippen molar-refractivity contribution in [3.63, 3.8) is 0 Å². The molecule has 0 aromatic heterocycles. The first-order chi connectivity index (χ1) is 12.7. The van der Waals surface area contributed by atoms with Crippen LogP contribution in [0.5, 0.6) is 0 Å². The fourth-order valence-corrected chi connectivity index (χ4v) is 5.84. The Labute approximate surface area is 172 Å². The molecular formula is C19H21BrN2O3S2. The van der Waals surface area contributed by atoms with E-state index in [1.165, 1.54) is 20.2 Å². The lowest BCUT2D eigenvalue weighted by Gasteiger charge is -2.23. The lowest BCUT2D eigenvalue weighted by Crippen LogP contribution is -2.32. The van der Waals surface area contributed by atoms with Gasteiger partial charge in [-0.3, -0.25) is 4.79 Å². The number of nitrogens with zero attached hydrogens (tertiary/aromatic N) is 2. The highest BCUT2D eigenvalue weighted by atomic mass is 79.9. The fraction of sp³-hybridized carbons (Fsp3) is 0.316. The van der Waals surface area contributed by atoms with E-state index in [1.54, 1.807) is 28.8 Å². The van der Waals surface area contributed by atoms with Crippen molar-refractivity contribution >= 4 is 49.3 Å². The molecule has 1 aliphatic heterocycles. The molecule has 0 unspecified atom stereocenters. The summed E-state index contributed by atoms with van der Waals surface area (Å²) in [6.07, 6.45) is 0.866. The molecule has 1 heterocycles. The number of amides is 1. The van der Waals surface area contributed by atoms with Gasteiger partial charge in [0.2, 0.25) is 10.0 Å². The Morgan fingerprint density at radius 1 is 1.22 bits per heavy atom. The van der Waals surface area contributed by atoms with Crippen LogP contribution in [-0.4, -0.2) is 44.5 Å². The van der Waals surface area contributed by atoms with Gasteiger partial charge in [0.15, 0.2) is 0 Å². The predicted octanol–water partition coefficient (Wildman–Crippen LogP) is 4.23. The van der Waals surface area contributed by atoms with Crippen molar-refractivity contribution in [3.8, 4) is 0 Å². The molecule has 2 aromatic carbocycles. The monoisotopic (exact) mass is 468 g/mol. The highest BCUT2D eigenvalue weighted by molar-refractivity contribution is 9.10. The molecular weight excluding hydrogens is 448 g/mol. The molecule has 1 amide bonds. The molecule has 144 valence electrons. The molecule has 27 heavy (non-hydrogen) atoms. The van der Waals surface area contributed by atoms with Gasteiger partial charge in [0, 0.05) is 40.8 Å². The highest BCUT2D eigenvalue weighted by Crippen LogP contribution is 2.38. The lowest BCUT2D eigenvalue weighted by molar-refractivity contribution is 0.0986. The molecule has 3 rings (SSSR count). The van der Waals surface area contributed by atoms with Crippen LogP contribution in [0.2, 0.25) is 0 Å². The number of hydrogen-bond acceptors (Lipinski definition) is 4. The summed E-state index contributed by atoms with van der Waals surface area (Å²) in [5.74, 6) is -0.195. The Morgan fingerprint density at radius 3 is 2.63 bits per heavy atom. The molecule has 0 radical (unpaired) electrons. The zero-order chi connectivity index (χ0) is 19.8. The first-order valence-corrected chi connectivity index (χ1v) is 11.6. The Hall–Kier alpha value is -1.35. The molecule has 0 N–H and O–H groups in total. The Bertz CT molecular complexity index is 977. The molecule has 0 fully saturated rings. The predicted molar refractivity (Wildman–Crippen MR) is 113 cm³/mol. The molecule has 2 aromatic rings. The van der Waals surface area contributed by atoms with Gasteiger partial charge in [0.25, 0.3) is 5.91 Å². The fourth-order valence-electron chi connectivity index (χ4n) is 2.88. The van der Waals surface area contributed by atoms with Gasteiger partial charge < -0.3 is 4.90 Å². The normalized spacial score (nSPS) is 17.5. The molecule has 0 spiro atoms. The minimum atomic E-state index is -3.66. The van der Waals surface area contributed by atoms with Crippen LogP contribution in [0.1, 0.15) is 23.7 Å². The van der Waals surface area contributed by atoms with Crippen LogP contribution in [0.4, 0.5) is 5.69 Å². The number of halogens is 1. The van der Waals surface area contributed by atoms with E-state index >= 15 is 0 Å². The quantitative estimate of drug-likeness (QED) is 0.675. The summed E-state index contributed by atoms with van der Waals surface area (Å²) < 4.78 is 26.7. The highest BCUT2D eigenvalue weighted by Gasteiger charge is 2.27. The average molecular weight is 469 g/mol. The van der Waals surface area contributed by atoms with Gasteiger partial charge in [-0.15, -0.1) is 11.8 Å². The molecule has 0 bridgehead atoms. The maximum absolute atomic E-state index is 13.3. The van der Waals surface area contributed by atoms with E-state index in [0.717, 1.165) is 21.3 Å². The van der Waals surface area contributed by atoms with Crippen LogP contribution >= 0.6 is 27.7 Å². The van der Waals surface area contributed by atoms with E-state index in [-0.39, 0.29) is 10.8 Å². The van der Waals surface area contributed by atoms with E-state index in [0.29, 0.717) is 21.8 Å². The third-order valence-electron chi connectivity index (χ3n) is 4.43. The van der Waals surface area contributed by atoms with Crippen molar-refractivity contribution in [2.24, 2.45) is 0 Å². The van der Waals surface area contributed by atoms with Crippen molar-refractivity contribution in [3.05, 3.63) is 52.5 Å². The van der Waals surface area contributed by atoms with Crippen LogP contribution in [0.3, 0.4) is 0 Å². The first-order valence-electron chi connectivity index (χ1n) is 8.51. The van der Waals surface area contributed by atoms with Crippen molar-refractivity contribution in [2.45, 2.75) is 28.4 Å². The summed E-state index contributed by atoms with van der Waals surface area (Å²) in [6.45, 7) is 2.74. The second-order valence-electron chi connectivity index (χ2n) is 6.57. The van der Waals surface area contributed by atoms with Crippen molar-refractivity contribution in [1.82, 2.24) is 4.31 Å². The second-order valence-corrected chi connectivity index (χ2v) is 11.0. The van der Waals surface area contributed by atoms with Crippen LogP contribution in [0.15, 0.2) is 56.7 Å². The van der Waals surface area contributed by atoms with Crippen LogP contribution in [0, 0.1) is 0 Å². The molecule has 1 aliphatic rings. The number of fused-ring (bicyclic) bond motifs is 1. The summed E-state index contributed by atoms with van der Waals surface area (Å²) in [5.41, 5.74) is 1.23. The van der Waals surface area contributed by atoms with Gasteiger partial charge in [-0.1, -0.05) is 19.1 Å². The third kappa shape index (κ3) is 4.08. The van der Waals surface area contributed by atoms with E-state index < -0.39 is 10.0 Å². The summed E-state index contributed by atoms with van der Waals surface area (Å²) in [7, 11) is -0.715. The van der Waals surface area contributed by atoms with Crippen molar-refractivity contribution in [2.75, 3.05) is 25.5 Å². The number of para-hydroxylation sites is 1. The van der Waals surface area contributed by atoms with Gasteiger partial charge in [-0.2, -0.15) is 0 Å². The molecule has 0 saturated carbocycles. The minimum Gasteiger partial charge on any atom is -0.307 e. The zero-order valence-corrected chi connectivity index (χ0v) is 18.6. The van der Waals surface area contributed by atoms with Gasteiger partial charge >= 0.3 is 0 Å². The molecule has 8 heteroatoms. The van der Waals surface area contributed by atoms with E-state index in [4.69, 9.17) is 0 Å². The number of hydrogen-bond donors (Lipinski definition) is 0. The third-order valence-corrected chi connectivity index (χ3v) is 8.47. The Kier molecular flexibility index (Phi) is 6.00. The first kappa shape index (κ1) is 20.4. The van der Waals surface area contributed by atoms with Gasteiger partial charge in [-0.25, -0.2) is 12.7 Å². The van der Waals surface area contributed by atoms with Crippen molar-refractivity contribution in [1.29, 1.82) is 0 Å². The Morgan fingerprint density at radius 2 is 1.93 bits per heavy atom. The maximum Gasteiger partial charge on any atom is 0.258 e. The van der Waals surface area contributed by atoms with Gasteiger partial charge in [0.1, 0.15) is 0 Å². The van der Waals surface area contributed by atoms with E-state index in [2.05, 4.69) is 22.9 Å². The van der Waals surface area contributed by atoms with Gasteiger partial charge in [-0.05, 0) is 52.7 Å². The smallest absolute Gasteiger partial charge is 0.258 e. The van der Waals surface area contributed by atoms with Crippen LogP contribution in [0.25, 0.3) is 0 Å². The molecule has 0 aliphatic carbocycles. The minimum absolute atomic E-state index is 0.0872. The zero-order valence-electron chi connectivity index (χ0n) is 15.3. The number of carbonyl (C=O) groups is 1. The number of carbonyl (C=O) groups excluding carboxylic acids is 1. The van der Waals surface area contributed by atoms with Crippen molar-refractivity contribution < 1.29 is 13.2 Å². The lowest BCUT2D eigenvalue weighted by atomic mass is 10.1. The van der Waals surface area contributed by atoms with Gasteiger partial charge in [0.05, 0.1) is 10.6 Å². The standard InChI is InChI=1S/C19H21BrN2O3S2/c1-13-10-11-22(16-6-4-5-7-17(16)26-13)19(23)14-8-9-15(20)18(12-14)27(24,25)21(2)3/h4-9,12-13H,10-11H2,1-3H3/t13-/m0/s1.